The summed E-state index contributed by atoms with van der Waals surface area (Å²) in [5, 5.41) is 5.95. The van der Waals surface area contributed by atoms with E-state index >= 15 is 0 Å². The summed E-state index contributed by atoms with van der Waals surface area (Å²) in [5.41, 5.74) is 4.91. The van der Waals surface area contributed by atoms with Crippen molar-refractivity contribution in [2.45, 2.75) is 6.42 Å². The summed E-state index contributed by atoms with van der Waals surface area (Å²) in [6.07, 6.45) is 5.02. The Balaban J connectivity index is 1.25. The van der Waals surface area contributed by atoms with Gasteiger partial charge in [0.25, 0.3) is 11.8 Å². The summed E-state index contributed by atoms with van der Waals surface area (Å²) in [5.74, 6) is -0.134. The second-order valence-corrected chi connectivity index (χ2v) is 8.43. The number of carbonyl (C=O) groups excluding carboxylic acids is 2. The van der Waals surface area contributed by atoms with Crippen LogP contribution in [0, 0.1) is 0 Å². The van der Waals surface area contributed by atoms with Crippen molar-refractivity contribution in [3.8, 4) is 0 Å². The fourth-order valence-corrected chi connectivity index (χ4v) is 4.53. The van der Waals surface area contributed by atoms with Crippen molar-refractivity contribution >= 4 is 45.3 Å². The van der Waals surface area contributed by atoms with Crippen LogP contribution in [0.25, 0.3) is 16.5 Å². The number of anilines is 1. The van der Waals surface area contributed by atoms with Crippen molar-refractivity contribution in [2.24, 2.45) is 0 Å². The molecule has 0 unspecified atom stereocenters. The van der Waals surface area contributed by atoms with Gasteiger partial charge >= 0.3 is 0 Å². The molecule has 5 rings (SSSR count). The van der Waals surface area contributed by atoms with E-state index < -0.39 is 0 Å². The molecule has 2 aromatic heterocycles. The van der Waals surface area contributed by atoms with Gasteiger partial charge in [0.1, 0.15) is 0 Å². The van der Waals surface area contributed by atoms with Crippen LogP contribution in [0.15, 0.2) is 78.3 Å². The van der Waals surface area contributed by atoms with Crippen molar-refractivity contribution in [1.82, 2.24) is 9.88 Å². The van der Waals surface area contributed by atoms with E-state index in [-0.39, 0.29) is 11.8 Å². The molecule has 3 heterocycles. The maximum Gasteiger partial charge on any atom is 0.265 e. The van der Waals surface area contributed by atoms with Crippen LogP contribution in [-0.4, -0.2) is 34.8 Å². The Bertz CT molecular complexity index is 1270. The Morgan fingerprint density at radius 1 is 1.00 bits per heavy atom. The molecule has 154 valence electrons. The number of hydrogen-bond acceptors (Lipinski definition) is 3. The number of nitrogens with zero attached hydrogens (tertiary/aromatic N) is 1. The Kier molecular flexibility index (Phi) is 5.14. The molecule has 1 aliphatic rings. The molecule has 0 radical (unpaired) electrons. The number of thiophene rings is 1. The summed E-state index contributed by atoms with van der Waals surface area (Å²) >= 11 is 1.40. The van der Waals surface area contributed by atoms with Gasteiger partial charge in [-0.3, -0.25) is 9.59 Å². The van der Waals surface area contributed by atoms with Crippen LogP contribution in [0.4, 0.5) is 5.69 Å². The lowest BCUT2D eigenvalue weighted by Crippen LogP contribution is -2.34. The first-order valence-corrected chi connectivity index (χ1v) is 11.1. The Hall–Kier alpha value is -3.64. The van der Waals surface area contributed by atoms with E-state index in [0.29, 0.717) is 29.2 Å². The topological polar surface area (TPSA) is 65.2 Å². The number of hydrogen-bond donors (Lipinski definition) is 2. The fourth-order valence-electron chi connectivity index (χ4n) is 3.91. The van der Waals surface area contributed by atoms with Gasteiger partial charge in [0, 0.05) is 47.0 Å². The number of amides is 2. The molecule has 31 heavy (non-hydrogen) atoms. The van der Waals surface area contributed by atoms with Gasteiger partial charge < -0.3 is 15.2 Å². The molecule has 0 saturated carbocycles. The summed E-state index contributed by atoms with van der Waals surface area (Å²) < 4.78 is 0. The van der Waals surface area contributed by atoms with Gasteiger partial charge in [0.2, 0.25) is 0 Å². The maximum absolute atomic E-state index is 12.9. The molecule has 0 bridgehead atoms. The van der Waals surface area contributed by atoms with Gasteiger partial charge in [-0.25, -0.2) is 0 Å². The first kappa shape index (κ1) is 19.3. The molecule has 6 heteroatoms. The average Bonchev–Trinajstić information content (AvgIpc) is 3.50. The van der Waals surface area contributed by atoms with E-state index in [0.717, 1.165) is 11.9 Å². The predicted octanol–water partition coefficient (Wildman–Crippen LogP) is 5.41. The molecule has 1 aliphatic heterocycles. The van der Waals surface area contributed by atoms with Gasteiger partial charge in [-0.05, 0) is 53.8 Å². The second kappa shape index (κ2) is 8.24. The molecule has 0 fully saturated rings. The van der Waals surface area contributed by atoms with Gasteiger partial charge in [0.05, 0.1) is 4.88 Å². The summed E-state index contributed by atoms with van der Waals surface area (Å²) in [6, 6.07) is 19.0. The van der Waals surface area contributed by atoms with E-state index in [2.05, 4.69) is 34.7 Å². The Morgan fingerprint density at radius 2 is 1.84 bits per heavy atom. The Morgan fingerprint density at radius 3 is 2.58 bits per heavy atom. The first-order chi connectivity index (χ1) is 15.2. The van der Waals surface area contributed by atoms with Crippen LogP contribution < -0.4 is 5.32 Å². The number of fused-ring (bicyclic) bond motifs is 1. The van der Waals surface area contributed by atoms with Gasteiger partial charge in [-0.1, -0.05) is 30.3 Å². The van der Waals surface area contributed by atoms with E-state index in [1.165, 1.54) is 27.9 Å². The number of benzene rings is 2. The zero-order valence-corrected chi connectivity index (χ0v) is 17.6. The van der Waals surface area contributed by atoms with E-state index in [1.807, 2.05) is 28.5 Å². The third-order valence-electron chi connectivity index (χ3n) is 5.57. The number of aromatic nitrogens is 1. The monoisotopic (exact) mass is 427 g/mol. The van der Waals surface area contributed by atoms with Crippen LogP contribution >= 0.6 is 11.3 Å². The number of H-pyrrole nitrogens is 1. The van der Waals surface area contributed by atoms with Gasteiger partial charge in [-0.2, -0.15) is 0 Å². The van der Waals surface area contributed by atoms with E-state index in [1.54, 1.807) is 30.3 Å². The fraction of sp³-hybridized carbons (Fsp3) is 0.120. The summed E-state index contributed by atoms with van der Waals surface area (Å²) in [4.78, 5) is 30.9. The van der Waals surface area contributed by atoms with Crippen molar-refractivity contribution in [3.05, 3.63) is 94.3 Å². The van der Waals surface area contributed by atoms with E-state index in [9.17, 15) is 9.59 Å². The van der Waals surface area contributed by atoms with Crippen molar-refractivity contribution in [1.29, 1.82) is 0 Å². The smallest absolute Gasteiger partial charge is 0.265 e. The highest BCUT2D eigenvalue weighted by Gasteiger charge is 2.20. The highest BCUT2D eigenvalue weighted by atomic mass is 32.1. The molecule has 2 amide bonds. The summed E-state index contributed by atoms with van der Waals surface area (Å²) in [6.45, 7) is 1.27. The average molecular weight is 428 g/mol. The quantitative estimate of drug-likeness (QED) is 0.457. The zero-order chi connectivity index (χ0) is 21.2. The highest BCUT2D eigenvalue weighted by molar-refractivity contribution is 7.12. The third-order valence-corrected chi connectivity index (χ3v) is 6.43. The molecule has 5 nitrogen and oxygen atoms in total. The van der Waals surface area contributed by atoms with Crippen molar-refractivity contribution < 1.29 is 9.59 Å². The summed E-state index contributed by atoms with van der Waals surface area (Å²) in [7, 11) is 0. The molecular formula is C25H21N3O2S. The lowest BCUT2D eigenvalue weighted by molar-refractivity contribution is 0.0773. The predicted molar refractivity (Wildman–Crippen MR) is 126 cm³/mol. The minimum absolute atomic E-state index is 0.00496. The lowest BCUT2D eigenvalue weighted by Gasteiger charge is -2.26. The molecule has 4 aromatic rings. The standard InChI is InChI=1S/C25H21N3O2S/c29-24(23-6-3-15-31-23)27-19-9-7-18(8-10-19)25(30)28-13-11-17(12-14-28)21-16-26-22-5-2-1-4-20(21)22/h1-11,15-16,26H,12-14H2,(H,27,29). The number of aromatic amines is 1. The van der Waals surface area contributed by atoms with Crippen LogP contribution in [-0.2, 0) is 0 Å². The molecule has 0 atom stereocenters. The van der Waals surface area contributed by atoms with Crippen LogP contribution in [0.3, 0.4) is 0 Å². The molecule has 0 aliphatic carbocycles. The number of carbonyl (C=O) groups is 2. The Labute approximate surface area is 184 Å². The third kappa shape index (κ3) is 3.90. The van der Waals surface area contributed by atoms with E-state index in [4.69, 9.17) is 0 Å². The molecular weight excluding hydrogens is 406 g/mol. The minimum atomic E-state index is -0.139. The number of nitrogens with one attached hydrogen (secondary N) is 2. The zero-order valence-electron chi connectivity index (χ0n) is 16.8. The van der Waals surface area contributed by atoms with Crippen LogP contribution in [0.2, 0.25) is 0 Å². The first-order valence-electron chi connectivity index (χ1n) is 10.2. The lowest BCUT2D eigenvalue weighted by atomic mass is 9.98. The van der Waals surface area contributed by atoms with Gasteiger partial charge in [-0.15, -0.1) is 11.3 Å². The SMILES string of the molecule is O=C(Nc1ccc(C(=O)N2CC=C(c3c[nH]c4ccccc34)CC2)cc1)c1cccs1. The second-order valence-electron chi connectivity index (χ2n) is 7.49. The molecule has 0 spiro atoms. The van der Waals surface area contributed by atoms with Crippen LogP contribution in [0.5, 0.6) is 0 Å². The number of rotatable bonds is 4. The minimum Gasteiger partial charge on any atom is -0.361 e. The molecule has 0 saturated heterocycles. The number of para-hydroxylation sites is 1. The largest absolute Gasteiger partial charge is 0.361 e. The maximum atomic E-state index is 12.9. The van der Waals surface area contributed by atoms with Crippen LogP contribution in [0.1, 0.15) is 32.0 Å². The van der Waals surface area contributed by atoms with Gasteiger partial charge in [0.15, 0.2) is 0 Å². The molecule has 2 aromatic carbocycles. The highest BCUT2D eigenvalue weighted by Crippen LogP contribution is 2.29. The normalized spacial score (nSPS) is 13.8. The molecule has 2 N–H and O–H groups in total. The van der Waals surface area contributed by atoms with Crippen molar-refractivity contribution in [3.63, 3.8) is 0 Å². The van der Waals surface area contributed by atoms with Crippen molar-refractivity contribution in [2.75, 3.05) is 18.4 Å².